The lowest BCUT2D eigenvalue weighted by atomic mass is 10.0. The number of amides is 2. The quantitative estimate of drug-likeness (QED) is 0.143. The third-order valence-corrected chi connectivity index (χ3v) is 6.80. The molecule has 7 nitrogen and oxygen atoms in total. The van der Waals surface area contributed by atoms with Gasteiger partial charge >= 0.3 is 0 Å². The fourth-order valence-electron chi connectivity index (χ4n) is 4.54. The van der Waals surface area contributed by atoms with Gasteiger partial charge in [-0.2, -0.15) is 0 Å². The number of hydrogen-bond donors (Lipinski definition) is 2. The van der Waals surface area contributed by atoms with E-state index in [2.05, 4.69) is 12.2 Å². The lowest BCUT2D eigenvalue weighted by Gasteiger charge is -2.26. The van der Waals surface area contributed by atoms with Crippen LogP contribution in [0.4, 0.5) is 0 Å². The standard InChI is InChI=1S/C29H56N2O5/c1-2-3-4-5-6-7-8-9-10-11-12-13-14-15-17-22-34-24-26(31-28(33)21-20-27(30)32)25-36-29-19-16-18-23-35-29/h26,29H,2-25H2,1H3,(H2,30,32)(H,31,33). The van der Waals surface area contributed by atoms with Gasteiger partial charge in [-0.05, 0) is 25.7 Å². The molecule has 0 spiro atoms. The minimum atomic E-state index is -0.474. The Kier molecular flexibility index (Phi) is 22.1. The summed E-state index contributed by atoms with van der Waals surface area (Å²) in [7, 11) is 0. The molecule has 0 aromatic rings. The maximum atomic E-state index is 12.1. The van der Waals surface area contributed by atoms with E-state index in [1.54, 1.807) is 0 Å². The molecule has 1 heterocycles. The molecule has 36 heavy (non-hydrogen) atoms. The second-order valence-electron chi connectivity index (χ2n) is 10.4. The van der Waals surface area contributed by atoms with Gasteiger partial charge in [0.05, 0.1) is 19.3 Å². The summed E-state index contributed by atoms with van der Waals surface area (Å²) in [6, 6.07) is -0.257. The van der Waals surface area contributed by atoms with Crippen LogP contribution in [0.2, 0.25) is 0 Å². The SMILES string of the molecule is CCCCCCCCCCCCCCCCCOCC(COC1CCCCO1)NC(=O)CCC(N)=O. The van der Waals surface area contributed by atoms with Gasteiger partial charge in [-0.3, -0.25) is 9.59 Å². The van der Waals surface area contributed by atoms with Crippen molar-refractivity contribution in [2.45, 2.75) is 148 Å². The summed E-state index contributed by atoms with van der Waals surface area (Å²) in [5, 5.41) is 2.91. The molecule has 2 amide bonds. The van der Waals surface area contributed by atoms with Gasteiger partial charge in [0, 0.05) is 26.1 Å². The summed E-state index contributed by atoms with van der Waals surface area (Å²) in [5.41, 5.74) is 5.15. The third kappa shape index (κ3) is 21.0. The zero-order valence-electron chi connectivity index (χ0n) is 23.2. The van der Waals surface area contributed by atoms with Gasteiger partial charge in [0.2, 0.25) is 11.8 Å². The first kappa shape index (κ1) is 32.8. The van der Waals surface area contributed by atoms with Crippen LogP contribution in [0.1, 0.15) is 135 Å². The number of ether oxygens (including phenoxy) is 3. The maximum absolute atomic E-state index is 12.1. The van der Waals surface area contributed by atoms with Crippen LogP contribution in [0.5, 0.6) is 0 Å². The summed E-state index contributed by atoms with van der Waals surface area (Å²) in [6.45, 7) is 4.41. The van der Waals surface area contributed by atoms with E-state index < -0.39 is 5.91 Å². The van der Waals surface area contributed by atoms with Crippen molar-refractivity contribution in [3.63, 3.8) is 0 Å². The number of carbonyl (C=O) groups excluding carboxylic acids is 2. The highest BCUT2D eigenvalue weighted by Crippen LogP contribution is 2.15. The van der Waals surface area contributed by atoms with Crippen LogP contribution in [0.3, 0.4) is 0 Å². The molecule has 2 atom stereocenters. The second-order valence-corrected chi connectivity index (χ2v) is 10.4. The highest BCUT2D eigenvalue weighted by molar-refractivity contribution is 5.82. The van der Waals surface area contributed by atoms with Crippen molar-refractivity contribution in [3.05, 3.63) is 0 Å². The van der Waals surface area contributed by atoms with Gasteiger partial charge in [0.1, 0.15) is 0 Å². The Morgan fingerprint density at radius 2 is 1.42 bits per heavy atom. The minimum absolute atomic E-state index is 0.0468. The van der Waals surface area contributed by atoms with Crippen LogP contribution in [-0.4, -0.2) is 50.6 Å². The third-order valence-electron chi connectivity index (χ3n) is 6.80. The molecule has 0 aromatic heterocycles. The Morgan fingerprint density at radius 3 is 1.94 bits per heavy atom. The van der Waals surface area contributed by atoms with Crippen molar-refractivity contribution in [2.24, 2.45) is 5.73 Å². The summed E-state index contributed by atoms with van der Waals surface area (Å²) >= 11 is 0. The molecule has 1 rings (SSSR count). The number of unbranched alkanes of at least 4 members (excludes halogenated alkanes) is 14. The number of primary amides is 1. The molecule has 1 aliphatic heterocycles. The molecule has 7 heteroatoms. The number of hydrogen-bond acceptors (Lipinski definition) is 5. The summed E-state index contributed by atoms with van der Waals surface area (Å²) < 4.78 is 17.3. The summed E-state index contributed by atoms with van der Waals surface area (Å²) in [4.78, 5) is 23.1. The summed E-state index contributed by atoms with van der Waals surface area (Å²) in [6.07, 6.45) is 23.1. The fraction of sp³-hybridized carbons (Fsp3) is 0.931. The van der Waals surface area contributed by atoms with E-state index in [9.17, 15) is 9.59 Å². The van der Waals surface area contributed by atoms with E-state index in [1.165, 1.54) is 89.9 Å². The topological polar surface area (TPSA) is 99.9 Å². The average molecular weight is 513 g/mol. The zero-order valence-corrected chi connectivity index (χ0v) is 23.2. The predicted molar refractivity (Wildman–Crippen MR) is 146 cm³/mol. The number of carbonyl (C=O) groups is 2. The van der Waals surface area contributed by atoms with Crippen LogP contribution in [-0.2, 0) is 23.8 Å². The molecule has 1 fully saturated rings. The molecule has 0 bridgehead atoms. The smallest absolute Gasteiger partial charge is 0.220 e. The fourth-order valence-corrected chi connectivity index (χ4v) is 4.54. The van der Waals surface area contributed by atoms with Crippen molar-refractivity contribution in [3.8, 4) is 0 Å². The summed E-state index contributed by atoms with van der Waals surface area (Å²) in [5.74, 6) is -0.680. The predicted octanol–water partition coefficient (Wildman–Crippen LogP) is 6.17. The zero-order chi connectivity index (χ0) is 26.1. The largest absolute Gasteiger partial charge is 0.379 e. The van der Waals surface area contributed by atoms with E-state index in [-0.39, 0.29) is 31.1 Å². The van der Waals surface area contributed by atoms with E-state index >= 15 is 0 Å². The molecule has 3 N–H and O–H groups in total. The lowest BCUT2D eigenvalue weighted by Crippen LogP contribution is -2.43. The van der Waals surface area contributed by atoms with E-state index in [0.717, 1.165) is 32.3 Å². The molecule has 1 saturated heterocycles. The molecule has 0 aliphatic carbocycles. The lowest BCUT2D eigenvalue weighted by molar-refractivity contribution is -0.168. The normalized spacial score (nSPS) is 16.6. The van der Waals surface area contributed by atoms with E-state index in [0.29, 0.717) is 19.8 Å². The van der Waals surface area contributed by atoms with Crippen molar-refractivity contribution in [1.82, 2.24) is 5.32 Å². The van der Waals surface area contributed by atoms with Crippen LogP contribution < -0.4 is 11.1 Å². The monoisotopic (exact) mass is 512 g/mol. The maximum Gasteiger partial charge on any atom is 0.220 e. The molecule has 0 aromatic carbocycles. The molecule has 2 unspecified atom stereocenters. The molecule has 0 radical (unpaired) electrons. The van der Waals surface area contributed by atoms with Gasteiger partial charge in [0.25, 0.3) is 0 Å². The number of nitrogens with one attached hydrogen (secondary N) is 1. The van der Waals surface area contributed by atoms with Crippen LogP contribution in [0.15, 0.2) is 0 Å². The Bertz CT molecular complexity index is 526. The number of nitrogens with two attached hydrogens (primary N) is 1. The van der Waals surface area contributed by atoms with Crippen LogP contribution >= 0.6 is 0 Å². The average Bonchev–Trinajstić information content (AvgIpc) is 2.88. The van der Waals surface area contributed by atoms with Crippen LogP contribution in [0.25, 0.3) is 0 Å². The van der Waals surface area contributed by atoms with Gasteiger partial charge < -0.3 is 25.3 Å². The van der Waals surface area contributed by atoms with Crippen molar-refractivity contribution in [2.75, 3.05) is 26.4 Å². The second kappa shape index (κ2) is 24.2. The Hall–Kier alpha value is -1.18. The van der Waals surface area contributed by atoms with Gasteiger partial charge in [-0.25, -0.2) is 0 Å². The van der Waals surface area contributed by atoms with Gasteiger partial charge in [-0.1, -0.05) is 96.8 Å². The first-order valence-electron chi connectivity index (χ1n) is 15.0. The molecule has 1 aliphatic rings. The van der Waals surface area contributed by atoms with E-state index in [4.69, 9.17) is 19.9 Å². The Morgan fingerprint density at radius 1 is 0.833 bits per heavy atom. The first-order chi connectivity index (χ1) is 17.6. The van der Waals surface area contributed by atoms with Crippen molar-refractivity contribution in [1.29, 1.82) is 0 Å². The highest BCUT2D eigenvalue weighted by Gasteiger charge is 2.19. The Labute approximate surface area is 221 Å². The van der Waals surface area contributed by atoms with Gasteiger partial charge in [-0.15, -0.1) is 0 Å². The van der Waals surface area contributed by atoms with Crippen molar-refractivity contribution < 1.29 is 23.8 Å². The molecule has 212 valence electrons. The van der Waals surface area contributed by atoms with Crippen molar-refractivity contribution >= 4 is 11.8 Å². The molecule has 0 saturated carbocycles. The minimum Gasteiger partial charge on any atom is -0.379 e. The Balaban J connectivity index is 2.02. The van der Waals surface area contributed by atoms with Crippen LogP contribution in [0, 0.1) is 0 Å². The number of rotatable bonds is 25. The first-order valence-corrected chi connectivity index (χ1v) is 15.0. The van der Waals surface area contributed by atoms with E-state index in [1.807, 2.05) is 0 Å². The highest BCUT2D eigenvalue weighted by atomic mass is 16.7. The molecular formula is C29H56N2O5. The van der Waals surface area contributed by atoms with Gasteiger partial charge in [0.15, 0.2) is 6.29 Å². The molecular weight excluding hydrogens is 456 g/mol.